The van der Waals surface area contributed by atoms with Crippen molar-refractivity contribution in [2.75, 3.05) is 5.73 Å². The molecule has 0 aliphatic heterocycles. The molecule has 0 saturated heterocycles. The first kappa shape index (κ1) is 11.8. The summed E-state index contributed by atoms with van der Waals surface area (Å²) in [6, 6.07) is 1.84. The highest BCUT2D eigenvalue weighted by Gasteiger charge is 2.08. The molecule has 0 spiro atoms. The molecule has 0 bridgehead atoms. The third-order valence-corrected chi connectivity index (χ3v) is 3.17. The van der Waals surface area contributed by atoms with Crippen LogP contribution in [0.4, 0.5) is 5.69 Å². The molecule has 0 aliphatic rings. The molecule has 15 heavy (non-hydrogen) atoms. The van der Waals surface area contributed by atoms with Crippen LogP contribution >= 0.6 is 11.8 Å². The van der Waals surface area contributed by atoms with E-state index in [1.54, 1.807) is 24.2 Å². The van der Waals surface area contributed by atoms with Crippen molar-refractivity contribution in [2.45, 2.75) is 29.9 Å². The van der Waals surface area contributed by atoms with Gasteiger partial charge in [-0.25, -0.2) is 0 Å². The Bertz CT molecular complexity index is 344. The lowest BCUT2D eigenvalue weighted by Crippen LogP contribution is -2.03. The van der Waals surface area contributed by atoms with Crippen LogP contribution in [-0.4, -0.2) is 21.3 Å². The lowest BCUT2D eigenvalue weighted by molar-refractivity contribution is -0.137. The lowest BCUT2D eigenvalue weighted by Gasteiger charge is -2.10. The monoisotopic (exact) mass is 226 g/mol. The second-order valence-electron chi connectivity index (χ2n) is 3.27. The molecule has 1 atom stereocenters. The molecule has 1 aromatic heterocycles. The van der Waals surface area contributed by atoms with E-state index in [4.69, 9.17) is 10.8 Å². The van der Waals surface area contributed by atoms with Gasteiger partial charge >= 0.3 is 5.97 Å². The number of anilines is 1. The Kier molecular flexibility index (Phi) is 4.42. The van der Waals surface area contributed by atoms with E-state index in [1.165, 1.54) is 0 Å². The van der Waals surface area contributed by atoms with Crippen LogP contribution < -0.4 is 5.73 Å². The predicted octanol–water partition coefficient (Wildman–Crippen LogP) is 2.01. The highest BCUT2D eigenvalue weighted by Crippen LogP contribution is 2.29. The predicted molar refractivity (Wildman–Crippen MR) is 60.8 cm³/mol. The van der Waals surface area contributed by atoms with Gasteiger partial charge in [0.05, 0.1) is 11.9 Å². The van der Waals surface area contributed by atoms with Crippen LogP contribution in [-0.2, 0) is 4.79 Å². The van der Waals surface area contributed by atoms with E-state index >= 15 is 0 Å². The number of carbonyl (C=O) groups is 1. The normalized spacial score (nSPS) is 12.3. The van der Waals surface area contributed by atoms with Crippen molar-refractivity contribution in [3.8, 4) is 0 Å². The Morgan fingerprint density at radius 2 is 2.47 bits per heavy atom. The smallest absolute Gasteiger partial charge is 0.303 e. The molecule has 0 radical (unpaired) electrons. The number of nitrogens with zero attached hydrogens (tertiary/aromatic N) is 1. The Balaban J connectivity index is 2.47. The van der Waals surface area contributed by atoms with Gasteiger partial charge in [0.2, 0.25) is 0 Å². The van der Waals surface area contributed by atoms with Crippen LogP contribution in [0.1, 0.15) is 19.8 Å². The van der Waals surface area contributed by atoms with Crippen molar-refractivity contribution >= 4 is 23.4 Å². The molecule has 0 fully saturated rings. The molecule has 4 nitrogen and oxygen atoms in total. The summed E-state index contributed by atoms with van der Waals surface area (Å²) in [7, 11) is 0. The molecule has 1 aromatic rings. The molecule has 3 N–H and O–H groups in total. The zero-order valence-electron chi connectivity index (χ0n) is 8.51. The minimum Gasteiger partial charge on any atom is -0.481 e. The maximum atomic E-state index is 10.4. The van der Waals surface area contributed by atoms with Gasteiger partial charge in [0.1, 0.15) is 0 Å². The zero-order chi connectivity index (χ0) is 11.3. The Morgan fingerprint density at radius 3 is 3.07 bits per heavy atom. The quantitative estimate of drug-likeness (QED) is 0.751. The summed E-state index contributed by atoms with van der Waals surface area (Å²) in [5.74, 6) is -0.759. The first-order valence-corrected chi connectivity index (χ1v) is 5.55. The average Bonchev–Trinajstić information content (AvgIpc) is 2.18. The summed E-state index contributed by atoms with van der Waals surface area (Å²) in [5, 5.41) is 8.78. The highest BCUT2D eigenvalue weighted by molar-refractivity contribution is 8.00. The van der Waals surface area contributed by atoms with Crippen molar-refractivity contribution in [2.24, 2.45) is 0 Å². The third-order valence-electron chi connectivity index (χ3n) is 1.90. The van der Waals surface area contributed by atoms with E-state index in [9.17, 15) is 4.79 Å². The molecule has 1 rings (SSSR count). The van der Waals surface area contributed by atoms with Crippen LogP contribution in [0.5, 0.6) is 0 Å². The number of nitrogens with two attached hydrogens (primary N) is 1. The molecule has 0 aromatic carbocycles. The second-order valence-corrected chi connectivity index (χ2v) is 4.75. The Morgan fingerprint density at radius 1 is 1.73 bits per heavy atom. The minimum atomic E-state index is -0.759. The van der Waals surface area contributed by atoms with Crippen molar-refractivity contribution in [3.05, 3.63) is 18.5 Å². The van der Waals surface area contributed by atoms with Crippen LogP contribution in [0.25, 0.3) is 0 Å². The Hall–Kier alpha value is -1.23. The summed E-state index contributed by atoms with van der Waals surface area (Å²) in [5.41, 5.74) is 6.37. The van der Waals surface area contributed by atoms with E-state index < -0.39 is 5.97 Å². The first-order chi connectivity index (χ1) is 7.09. The summed E-state index contributed by atoms with van der Waals surface area (Å²) in [6.45, 7) is 1.99. The standard InChI is InChI=1S/C10H14N2O2S/c1-7(2-3-10(13)14)15-9-4-5-12-6-8(9)11/h4-7H,2-3,11H2,1H3,(H,13,14). The number of hydrogen-bond acceptors (Lipinski definition) is 4. The maximum Gasteiger partial charge on any atom is 0.303 e. The molecule has 82 valence electrons. The van der Waals surface area contributed by atoms with E-state index in [2.05, 4.69) is 4.98 Å². The fourth-order valence-electron chi connectivity index (χ4n) is 1.10. The van der Waals surface area contributed by atoms with Gasteiger partial charge in [-0.3, -0.25) is 9.78 Å². The number of rotatable bonds is 5. The number of aromatic nitrogens is 1. The number of carboxylic acids is 1. The van der Waals surface area contributed by atoms with Gasteiger partial charge in [0.25, 0.3) is 0 Å². The maximum absolute atomic E-state index is 10.4. The number of thioether (sulfide) groups is 1. The molecule has 0 amide bonds. The number of aliphatic carboxylic acids is 1. The topological polar surface area (TPSA) is 76.2 Å². The number of pyridine rings is 1. The van der Waals surface area contributed by atoms with Crippen molar-refractivity contribution in [1.82, 2.24) is 4.98 Å². The minimum absolute atomic E-state index is 0.194. The first-order valence-electron chi connectivity index (χ1n) is 4.67. The summed E-state index contributed by atoms with van der Waals surface area (Å²) in [6.07, 6.45) is 4.12. The number of nitrogen functional groups attached to an aromatic ring is 1. The van der Waals surface area contributed by atoms with Crippen molar-refractivity contribution in [1.29, 1.82) is 0 Å². The molecule has 1 heterocycles. The van der Waals surface area contributed by atoms with Crippen molar-refractivity contribution in [3.63, 3.8) is 0 Å². The largest absolute Gasteiger partial charge is 0.481 e. The zero-order valence-corrected chi connectivity index (χ0v) is 9.33. The van der Waals surface area contributed by atoms with Gasteiger partial charge < -0.3 is 10.8 Å². The Labute approximate surface area is 92.9 Å². The highest BCUT2D eigenvalue weighted by atomic mass is 32.2. The SMILES string of the molecule is CC(CCC(=O)O)Sc1ccncc1N. The van der Waals surface area contributed by atoms with Crippen LogP contribution in [0, 0.1) is 0 Å². The van der Waals surface area contributed by atoms with Crippen molar-refractivity contribution < 1.29 is 9.90 Å². The van der Waals surface area contributed by atoms with Gasteiger partial charge in [0.15, 0.2) is 0 Å². The van der Waals surface area contributed by atoms with Gasteiger partial charge in [-0.1, -0.05) is 6.92 Å². The molecule has 5 heteroatoms. The summed E-state index contributed by atoms with van der Waals surface area (Å²) in [4.78, 5) is 15.2. The second kappa shape index (κ2) is 5.60. The molecule has 0 saturated carbocycles. The molecule has 0 aliphatic carbocycles. The lowest BCUT2D eigenvalue weighted by atomic mass is 10.2. The average molecular weight is 226 g/mol. The molecule has 1 unspecified atom stereocenters. The van der Waals surface area contributed by atoms with Crippen LogP contribution in [0.3, 0.4) is 0 Å². The van der Waals surface area contributed by atoms with Crippen LogP contribution in [0.15, 0.2) is 23.4 Å². The molecular weight excluding hydrogens is 212 g/mol. The summed E-state index contributed by atoms with van der Waals surface area (Å²) < 4.78 is 0. The van der Waals surface area contributed by atoms with E-state index in [0.29, 0.717) is 12.1 Å². The van der Waals surface area contributed by atoms with Gasteiger partial charge in [-0.15, -0.1) is 11.8 Å². The third kappa shape index (κ3) is 4.20. The van der Waals surface area contributed by atoms with E-state index in [0.717, 1.165) is 4.90 Å². The summed E-state index contributed by atoms with van der Waals surface area (Å²) >= 11 is 1.58. The van der Waals surface area contributed by atoms with Gasteiger partial charge in [-0.05, 0) is 12.5 Å². The van der Waals surface area contributed by atoms with E-state index in [-0.39, 0.29) is 11.7 Å². The molecular formula is C10H14N2O2S. The van der Waals surface area contributed by atoms with Gasteiger partial charge in [-0.2, -0.15) is 0 Å². The number of carboxylic acid groups (broad SMARTS) is 1. The van der Waals surface area contributed by atoms with E-state index in [1.807, 2.05) is 13.0 Å². The fourth-order valence-corrected chi connectivity index (χ4v) is 2.10. The van der Waals surface area contributed by atoms with Crippen LogP contribution in [0.2, 0.25) is 0 Å². The number of hydrogen-bond donors (Lipinski definition) is 2. The fraction of sp³-hybridized carbons (Fsp3) is 0.400. The van der Waals surface area contributed by atoms with Gasteiger partial charge in [0, 0.05) is 22.8 Å².